The quantitative estimate of drug-likeness (QED) is 0.476. The van der Waals surface area contributed by atoms with Crippen molar-refractivity contribution in [1.29, 1.82) is 0 Å². The number of amides is 1. The molecule has 0 aliphatic rings. The minimum atomic E-state index is -4.43. The van der Waals surface area contributed by atoms with Crippen LogP contribution < -0.4 is 10.2 Å². The number of rotatable bonds is 6. The minimum Gasteiger partial charge on any atom is -0.484 e. The van der Waals surface area contributed by atoms with Crippen molar-refractivity contribution in [1.82, 2.24) is 5.43 Å². The predicted molar refractivity (Wildman–Crippen MR) is 102 cm³/mol. The first-order valence-electron chi connectivity index (χ1n) is 8.60. The third-order valence-corrected chi connectivity index (χ3v) is 3.87. The van der Waals surface area contributed by atoms with Crippen LogP contribution >= 0.6 is 0 Å². The van der Waals surface area contributed by atoms with E-state index < -0.39 is 17.6 Å². The van der Waals surface area contributed by atoms with Crippen molar-refractivity contribution in [3.8, 4) is 17.1 Å². The van der Waals surface area contributed by atoms with Crippen molar-refractivity contribution < 1.29 is 27.1 Å². The maximum Gasteiger partial charge on any atom is 0.416 e. The number of nitrogens with zero attached hydrogens (tertiary/aromatic N) is 1. The van der Waals surface area contributed by atoms with E-state index in [0.29, 0.717) is 5.75 Å². The molecule has 1 amide bonds. The lowest BCUT2D eigenvalue weighted by Gasteiger charge is -2.07. The first-order chi connectivity index (χ1) is 13.8. The van der Waals surface area contributed by atoms with Crippen molar-refractivity contribution >= 4 is 12.1 Å². The maximum absolute atomic E-state index is 12.8. The second kappa shape index (κ2) is 8.64. The third-order valence-electron chi connectivity index (χ3n) is 3.87. The Labute approximate surface area is 164 Å². The molecule has 0 aliphatic carbocycles. The molecule has 0 aliphatic heterocycles. The largest absolute Gasteiger partial charge is 0.484 e. The Hall–Kier alpha value is -3.55. The van der Waals surface area contributed by atoms with Crippen LogP contribution in [0, 0.1) is 6.92 Å². The van der Waals surface area contributed by atoms with Gasteiger partial charge >= 0.3 is 6.18 Å². The molecule has 29 heavy (non-hydrogen) atoms. The van der Waals surface area contributed by atoms with E-state index in [4.69, 9.17) is 9.15 Å². The topological polar surface area (TPSA) is 63.8 Å². The van der Waals surface area contributed by atoms with Crippen LogP contribution in [-0.4, -0.2) is 18.7 Å². The number of benzene rings is 2. The van der Waals surface area contributed by atoms with Crippen molar-refractivity contribution in [2.75, 3.05) is 6.61 Å². The van der Waals surface area contributed by atoms with E-state index in [9.17, 15) is 18.0 Å². The fraction of sp³-hybridized carbons (Fsp3) is 0.143. The summed E-state index contributed by atoms with van der Waals surface area (Å²) in [6.45, 7) is 1.73. The maximum atomic E-state index is 12.8. The van der Waals surface area contributed by atoms with Gasteiger partial charge < -0.3 is 9.15 Å². The van der Waals surface area contributed by atoms with Crippen LogP contribution in [0.15, 0.2) is 70.2 Å². The number of hydrogen-bond donors (Lipinski definition) is 1. The Morgan fingerprint density at radius 1 is 1.14 bits per heavy atom. The summed E-state index contributed by atoms with van der Waals surface area (Å²) in [5.74, 6) is 0.627. The van der Waals surface area contributed by atoms with Gasteiger partial charge in [-0.1, -0.05) is 29.8 Å². The second-order valence-electron chi connectivity index (χ2n) is 6.18. The van der Waals surface area contributed by atoms with Gasteiger partial charge in [-0.2, -0.15) is 18.3 Å². The molecule has 5 nitrogen and oxygen atoms in total. The van der Waals surface area contributed by atoms with Gasteiger partial charge in [0.2, 0.25) is 0 Å². The Kier molecular flexibility index (Phi) is 6.01. The summed E-state index contributed by atoms with van der Waals surface area (Å²) in [6, 6.07) is 15.1. The Morgan fingerprint density at radius 3 is 2.62 bits per heavy atom. The van der Waals surface area contributed by atoms with Crippen molar-refractivity contribution in [3.63, 3.8) is 0 Å². The molecule has 0 saturated heterocycles. The highest BCUT2D eigenvalue weighted by Gasteiger charge is 2.30. The zero-order chi connectivity index (χ0) is 20.9. The number of aryl methyl sites for hydroxylation is 1. The fourth-order valence-electron chi connectivity index (χ4n) is 2.41. The minimum absolute atomic E-state index is 0.214. The molecule has 0 radical (unpaired) electrons. The SMILES string of the molecule is Cc1ccc(OCC(=O)N/N=C/c2ccc(-c3cccc(C(F)(F)F)c3)o2)cc1. The monoisotopic (exact) mass is 402 g/mol. The molecule has 1 heterocycles. The molecule has 1 aromatic heterocycles. The van der Waals surface area contributed by atoms with Gasteiger partial charge in [0.25, 0.3) is 5.91 Å². The van der Waals surface area contributed by atoms with Crippen LogP contribution in [0.2, 0.25) is 0 Å². The van der Waals surface area contributed by atoms with E-state index in [1.807, 2.05) is 19.1 Å². The molecule has 0 bridgehead atoms. The second-order valence-corrected chi connectivity index (χ2v) is 6.18. The molecular weight excluding hydrogens is 385 g/mol. The van der Waals surface area contributed by atoms with Gasteiger partial charge in [0.15, 0.2) is 6.61 Å². The molecule has 0 saturated carbocycles. The first kappa shape index (κ1) is 20.2. The van der Waals surface area contributed by atoms with Crippen molar-refractivity contribution in [3.05, 3.63) is 77.6 Å². The van der Waals surface area contributed by atoms with Crippen molar-refractivity contribution in [2.24, 2.45) is 5.10 Å². The van der Waals surface area contributed by atoms with E-state index in [1.165, 1.54) is 30.5 Å². The average molecular weight is 402 g/mol. The molecular formula is C21H17F3N2O3. The predicted octanol–water partition coefficient (Wildman–Crippen LogP) is 4.80. The van der Waals surface area contributed by atoms with Gasteiger partial charge in [0.05, 0.1) is 11.8 Å². The summed E-state index contributed by atoms with van der Waals surface area (Å²) in [5.41, 5.74) is 2.89. The standard InChI is InChI=1S/C21H17F3N2O3/c1-14-5-7-17(8-6-14)28-13-20(27)26-25-12-18-9-10-19(29-18)15-3-2-4-16(11-15)21(22,23)24/h2-12H,13H2,1H3,(H,26,27)/b25-12+. The number of halogens is 3. The van der Waals surface area contributed by atoms with Crippen LogP contribution in [0.4, 0.5) is 13.2 Å². The van der Waals surface area contributed by atoms with Crippen LogP contribution in [-0.2, 0) is 11.0 Å². The van der Waals surface area contributed by atoms with Gasteiger partial charge in [-0.25, -0.2) is 5.43 Å². The number of hydrogen-bond acceptors (Lipinski definition) is 4. The molecule has 8 heteroatoms. The van der Waals surface area contributed by atoms with Gasteiger partial charge in [-0.3, -0.25) is 4.79 Å². The summed E-state index contributed by atoms with van der Waals surface area (Å²) in [7, 11) is 0. The van der Waals surface area contributed by atoms with Gasteiger partial charge in [-0.05, 0) is 43.3 Å². The summed E-state index contributed by atoms with van der Waals surface area (Å²) in [5, 5.41) is 3.75. The number of ether oxygens (including phenoxy) is 1. The molecule has 3 rings (SSSR count). The summed E-state index contributed by atoms with van der Waals surface area (Å²) in [6.07, 6.45) is -3.18. The number of furan rings is 1. The van der Waals surface area contributed by atoms with Crippen LogP contribution in [0.1, 0.15) is 16.9 Å². The molecule has 0 fully saturated rings. The highest BCUT2D eigenvalue weighted by molar-refractivity contribution is 5.81. The van der Waals surface area contributed by atoms with Crippen LogP contribution in [0.3, 0.4) is 0 Å². The lowest BCUT2D eigenvalue weighted by atomic mass is 10.1. The zero-order valence-electron chi connectivity index (χ0n) is 15.4. The number of hydrazone groups is 1. The molecule has 0 unspecified atom stereocenters. The molecule has 150 valence electrons. The van der Waals surface area contributed by atoms with Crippen molar-refractivity contribution in [2.45, 2.75) is 13.1 Å². The normalized spacial score (nSPS) is 11.6. The highest BCUT2D eigenvalue weighted by atomic mass is 19.4. The van der Waals surface area contributed by atoms with Crippen LogP contribution in [0.25, 0.3) is 11.3 Å². The van der Waals surface area contributed by atoms with Gasteiger partial charge in [-0.15, -0.1) is 0 Å². The number of carbonyl (C=O) groups excluding carboxylic acids is 1. The van der Waals surface area contributed by atoms with Gasteiger partial charge in [0.1, 0.15) is 17.3 Å². The van der Waals surface area contributed by atoms with E-state index in [0.717, 1.165) is 17.7 Å². The smallest absolute Gasteiger partial charge is 0.416 e. The lowest BCUT2D eigenvalue weighted by molar-refractivity contribution is -0.137. The van der Waals surface area contributed by atoms with E-state index in [2.05, 4.69) is 10.5 Å². The van der Waals surface area contributed by atoms with Crippen LogP contribution in [0.5, 0.6) is 5.75 Å². The molecule has 3 aromatic rings. The number of alkyl halides is 3. The van der Waals surface area contributed by atoms with E-state index in [1.54, 1.807) is 12.1 Å². The number of nitrogens with one attached hydrogen (secondary N) is 1. The molecule has 2 aromatic carbocycles. The average Bonchev–Trinajstić information content (AvgIpc) is 3.16. The molecule has 1 N–H and O–H groups in total. The Balaban J connectivity index is 1.55. The first-order valence-corrected chi connectivity index (χ1v) is 8.60. The summed E-state index contributed by atoms with van der Waals surface area (Å²) >= 11 is 0. The molecule has 0 spiro atoms. The third kappa shape index (κ3) is 5.71. The highest BCUT2D eigenvalue weighted by Crippen LogP contribution is 2.32. The zero-order valence-corrected chi connectivity index (χ0v) is 15.4. The van der Waals surface area contributed by atoms with Gasteiger partial charge in [0, 0.05) is 5.56 Å². The Bertz CT molecular complexity index is 1010. The molecule has 0 atom stereocenters. The lowest BCUT2D eigenvalue weighted by Crippen LogP contribution is -2.24. The fourth-order valence-corrected chi connectivity index (χ4v) is 2.41. The summed E-state index contributed by atoms with van der Waals surface area (Å²) in [4.78, 5) is 11.7. The summed E-state index contributed by atoms with van der Waals surface area (Å²) < 4.78 is 49.2. The Morgan fingerprint density at radius 2 is 1.90 bits per heavy atom. The number of carbonyl (C=O) groups is 1. The van der Waals surface area contributed by atoms with E-state index >= 15 is 0 Å². The van der Waals surface area contributed by atoms with E-state index in [-0.39, 0.29) is 23.7 Å².